The third-order valence-electron chi connectivity index (χ3n) is 2.82. The van der Waals surface area contributed by atoms with Crippen molar-refractivity contribution in [3.63, 3.8) is 0 Å². The molecule has 0 spiro atoms. The number of carbonyl (C=O) groups is 1. The molecule has 0 saturated carbocycles. The predicted octanol–water partition coefficient (Wildman–Crippen LogP) is 3.49. The maximum atomic E-state index is 12.1. The van der Waals surface area contributed by atoms with Gasteiger partial charge in [-0.05, 0) is 30.5 Å². The molecule has 1 unspecified atom stereocenters. The second-order valence-electron chi connectivity index (χ2n) is 4.35. The monoisotopic (exact) mass is 297 g/mol. The number of alkyl halides is 1. The molecule has 0 heterocycles. The lowest BCUT2D eigenvalue weighted by atomic mass is 10.1. The lowest BCUT2D eigenvalue weighted by Gasteiger charge is -2.18. The normalized spacial score (nSPS) is 12.2. The van der Waals surface area contributed by atoms with E-state index in [2.05, 4.69) is 29.8 Å². The maximum Gasteiger partial charge on any atom is 0.253 e. The first-order chi connectivity index (χ1) is 8.04. The minimum absolute atomic E-state index is 0.0980. The zero-order valence-corrected chi connectivity index (χ0v) is 12.3. The molecule has 1 aromatic rings. The number of halogens is 1. The van der Waals surface area contributed by atoms with Gasteiger partial charge in [-0.2, -0.15) is 0 Å². The number of amides is 1. The van der Waals surface area contributed by atoms with Crippen LogP contribution in [0.2, 0.25) is 0 Å². The molecular weight excluding hydrogens is 278 g/mol. The number of aryl methyl sites for hydroxylation is 1. The van der Waals surface area contributed by atoms with Crippen LogP contribution in [0.4, 0.5) is 0 Å². The van der Waals surface area contributed by atoms with Gasteiger partial charge in [0.15, 0.2) is 0 Å². The fraction of sp³-hybridized carbons (Fsp3) is 0.500. The lowest BCUT2D eigenvalue weighted by Crippen LogP contribution is -2.28. The largest absolute Gasteiger partial charge is 0.342 e. The Morgan fingerprint density at radius 1 is 1.35 bits per heavy atom. The van der Waals surface area contributed by atoms with Gasteiger partial charge in [0.25, 0.3) is 5.91 Å². The van der Waals surface area contributed by atoms with Crippen LogP contribution in [0.5, 0.6) is 0 Å². The summed E-state index contributed by atoms with van der Waals surface area (Å²) in [5, 5.41) is 0. The minimum Gasteiger partial charge on any atom is -0.342 e. The topological polar surface area (TPSA) is 20.3 Å². The molecule has 0 aliphatic heterocycles. The molecule has 0 radical (unpaired) electrons. The molecule has 0 bridgehead atoms. The van der Waals surface area contributed by atoms with Crippen molar-refractivity contribution in [3.8, 4) is 0 Å². The van der Waals surface area contributed by atoms with Crippen molar-refractivity contribution in [1.29, 1.82) is 0 Å². The summed E-state index contributed by atoms with van der Waals surface area (Å²) < 4.78 is 0. The fourth-order valence-corrected chi connectivity index (χ4v) is 1.78. The van der Waals surface area contributed by atoms with E-state index in [-0.39, 0.29) is 5.91 Å². The van der Waals surface area contributed by atoms with E-state index < -0.39 is 0 Å². The average molecular weight is 298 g/mol. The molecule has 3 heteroatoms. The Bertz CT molecular complexity index is 359. The van der Waals surface area contributed by atoms with Crippen LogP contribution in [0.25, 0.3) is 0 Å². The zero-order valence-electron chi connectivity index (χ0n) is 10.7. The Balaban J connectivity index is 2.61. The Morgan fingerprint density at radius 2 is 1.94 bits per heavy atom. The summed E-state index contributed by atoms with van der Waals surface area (Å²) in [6, 6.07) is 7.87. The quantitative estimate of drug-likeness (QED) is 0.762. The SMILES string of the molecule is CCc1ccc(C(=O)N(C)CCC(C)Br)cc1. The van der Waals surface area contributed by atoms with Crippen LogP contribution in [-0.2, 0) is 6.42 Å². The molecule has 0 aliphatic rings. The second-order valence-corrected chi connectivity index (χ2v) is 5.91. The molecule has 94 valence electrons. The molecule has 1 rings (SSSR count). The summed E-state index contributed by atoms with van der Waals surface area (Å²) in [6.07, 6.45) is 1.97. The number of hydrogen-bond acceptors (Lipinski definition) is 1. The Kier molecular flexibility index (Phi) is 5.69. The van der Waals surface area contributed by atoms with E-state index >= 15 is 0 Å². The summed E-state index contributed by atoms with van der Waals surface area (Å²) in [7, 11) is 1.85. The van der Waals surface area contributed by atoms with Gasteiger partial charge in [0.2, 0.25) is 0 Å². The minimum atomic E-state index is 0.0980. The zero-order chi connectivity index (χ0) is 12.8. The van der Waals surface area contributed by atoms with Gasteiger partial charge < -0.3 is 4.90 Å². The van der Waals surface area contributed by atoms with Gasteiger partial charge in [-0.15, -0.1) is 0 Å². The molecule has 0 N–H and O–H groups in total. The predicted molar refractivity (Wildman–Crippen MR) is 75.8 cm³/mol. The van der Waals surface area contributed by atoms with E-state index in [0.29, 0.717) is 4.83 Å². The molecule has 0 saturated heterocycles. The molecule has 1 amide bonds. The Hall–Kier alpha value is -0.830. The highest BCUT2D eigenvalue weighted by atomic mass is 79.9. The standard InChI is InChI=1S/C14H20BrNO/c1-4-12-5-7-13(8-6-12)14(17)16(3)10-9-11(2)15/h5-8,11H,4,9-10H2,1-3H3. The van der Waals surface area contributed by atoms with Crippen molar-refractivity contribution >= 4 is 21.8 Å². The van der Waals surface area contributed by atoms with Crippen LogP contribution in [0, 0.1) is 0 Å². The van der Waals surface area contributed by atoms with Crippen LogP contribution in [0.1, 0.15) is 36.2 Å². The summed E-state index contributed by atoms with van der Waals surface area (Å²) in [4.78, 5) is 14.3. The first-order valence-electron chi connectivity index (χ1n) is 6.03. The Morgan fingerprint density at radius 3 is 2.41 bits per heavy atom. The van der Waals surface area contributed by atoms with Gasteiger partial charge >= 0.3 is 0 Å². The number of carbonyl (C=O) groups excluding carboxylic acids is 1. The molecule has 2 nitrogen and oxygen atoms in total. The second kappa shape index (κ2) is 6.80. The van der Waals surface area contributed by atoms with E-state index in [1.165, 1.54) is 5.56 Å². The number of hydrogen-bond donors (Lipinski definition) is 0. The maximum absolute atomic E-state index is 12.1. The highest BCUT2D eigenvalue weighted by molar-refractivity contribution is 9.09. The van der Waals surface area contributed by atoms with Gasteiger partial charge in [0, 0.05) is 24.0 Å². The van der Waals surface area contributed by atoms with E-state index in [1.807, 2.05) is 31.3 Å². The summed E-state index contributed by atoms with van der Waals surface area (Å²) in [5.74, 6) is 0.0980. The number of rotatable bonds is 5. The molecule has 17 heavy (non-hydrogen) atoms. The van der Waals surface area contributed by atoms with Crippen molar-refractivity contribution in [2.75, 3.05) is 13.6 Å². The van der Waals surface area contributed by atoms with Crippen LogP contribution in [-0.4, -0.2) is 29.2 Å². The van der Waals surface area contributed by atoms with Crippen LogP contribution < -0.4 is 0 Å². The first-order valence-corrected chi connectivity index (χ1v) is 6.94. The molecule has 0 aromatic heterocycles. The first kappa shape index (κ1) is 14.2. The summed E-state index contributed by atoms with van der Waals surface area (Å²) in [5.41, 5.74) is 2.03. The van der Waals surface area contributed by atoms with Gasteiger partial charge in [0.05, 0.1) is 0 Å². The Labute approximate surface area is 112 Å². The highest BCUT2D eigenvalue weighted by Crippen LogP contribution is 2.09. The van der Waals surface area contributed by atoms with E-state index in [0.717, 1.165) is 24.9 Å². The van der Waals surface area contributed by atoms with Crippen LogP contribution in [0.3, 0.4) is 0 Å². The van der Waals surface area contributed by atoms with Crippen LogP contribution >= 0.6 is 15.9 Å². The third-order valence-corrected chi connectivity index (χ3v) is 3.28. The summed E-state index contributed by atoms with van der Waals surface area (Å²) >= 11 is 3.49. The van der Waals surface area contributed by atoms with Crippen molar-refractivity contribution in [2.24, 2.45) is 0 Å². The fourth-order valence-electron chi connectivity index (χ4n) is 1.58. The number of nitrogens with zero attached hydrogens (tertiary/aromatic N) is 1. The van der Waals surface area contributed by atoms with Gasteiger partial charge in [-0.1, -0.05) is 41.9 Å². The molecule has 1 atom stereocenters. The smallest absolute Gasteiger partial charge is 0.253 e. The molecule has 0 fully saturated rings. The van der Waals surface area contributed by atoms with Crippen molar-refractivity contribution in [3.05, 3.63) is 35.4 Å². The molecule has 1 aromatic carbocycles. The number of benzene rings is 1. The van der Waals surface area contributed by atoms with Gasteiger partial charge in [-0.3, -0.25) is 4.79 Å². The lowest BCUT2D eigenvalue weighted by molar-refractivity contribution is 0.0794. The van der Waals surface area contributed by atoms with Crippen LogP contribution in [0.15, 0.2) is 24.3 Å². The summed E-state index contributed by atoms with van der Waals surface area (Å²) in [6.45, 7) is 4.98. The van der Waals surface area contributed by atoms with E-state index in [4.69, 9.17) is 0 Å². The van der Waals surface area contributed by atoms with E-state index in [1.54, 1.807) is 4.90 Å². The van der Waals surface area contributed by atoms with Crippen molar-refractivity contribution < 1.29 is 4.79 Å². The average Bonchev–Trinajstić information content (AvgIpc) is 2.35. The van der Waals surface area contributed by atoms with Crippen molar-refractivity contribution in [1.82, 2.24) is 4.90 Å². The van der Waals surface area contributed by atoms with Crippen molar-refractivity contribution in [2.45, 2.75) is 31.5 Å². The third kappa shape index (κ3) is 4.50. The molecular formula is C14H20BrNO. The van der Waals surface area contributed by atoms with Gasteiger partial charge in [-0.25, -0.2) is 0 Å². The van der Waals surface area contributed by atoms with E-state index in [9.17, 15) is 4.79 Å². The molecule has 0 aliphatic carbocycles. The highest BCUT2D eigenvalue weighted by Gasteiger charge is 2.11. The van der Waals surface area contributed by atoms with Gasteiger partial charge in [0.1, 0.15) is 0 Å².